The van der Waals surface area contributed by atoms with Crippen molar-refractivity contribution in [1.82, 2.24) is 15.5 Å². The van der Waals surface area contributed by atoms with Crippen LogP contribution in [0.3, 0.4) is 0 Å². The van der Waals surface area contributed by atoms with E-state index >= 15 is 0 Å². The van der Waals surface area contributed by atoms with Gasteiger partial charge in [-0.15, -0.1) is 0 Å². The van der Waals surface area contributed by atoms with Crippen molar-refractivity contribution in [2.24, 2.45) is 0 Å². The topological polar surface area (TPSA) is 74.8 Å². The number of carbonyl (C=O) groups excluding carboxylic acids is 2. The molecule has 2 N–H and O–H groups in total. The summed E-state index contributed by atoms with van der Waals surface area (Å²) in [5.41, 5.74) is 2.59. The molecule has 0 fully saturated rings. The molecule has 0 bridgehead atoms. The standard InChI is InChI=1S/C13H17N3O2/c1-4-10-11(5-2)15-16-13(10)9(3)6-7-12(18)14-8-17/h4-5,8-9H,1-2,6-7H2,3H3,(H,15,16)(H,14,17,18). The van der Waals surface area contributed by atoms with E-state index in [2.05, 4.69) is 28.7 Å². The van der Waals surface area contributed by atoms with E-state index in [4.69, 9.17) is 0 Å². The van der Waals surface area contributed by atoms with Crippen LogP contribution in [0.4, 0.5) is 0 Å². The molecule has 0 aliphatic rings. The lowest BCUT2D eigenvalue weighted by Gasteiger charge is -2.09. The van der Waals surface area contributed by atoms with Gasteiger partial charge in [0, 0.05) is 17.7 Å². The third-order valence-electron chi connectivity index (χ3n) is 2.78. The van der Waals surface area contributed by atoms with Crippen LogP contribution in [0.1, 0.15) is 42.6 Å². The number of rotatable bonds is 7. The molecule has 0 aliphatic heterocycles. The molecule has 1 rings (SSSR count). The minimum atomic E-state index is -0.277. The Bertz CT molecular complexity index is 463. The van der Waals surface area contributed by atoms with Crippen molar-refractivity contribution in [3.63, 3.8) is 0 Å². The number of aromatic nitrogens is 2. The molecule has 0 aliphatic carbocycles. The maximum atomic E-state index is 11.2. The largest absolute Gasteiger partial charge is 0.299 e. The summed E-state index contributed by atoms with van der Waals surface area (Å²) in [6.07, 6.45) is 4.69. The minimum absolute atomic E-state index is 0.122. The Morgan fingerprint density at radius 3 is 2.78 bits per heavy atom. The number of aromatic amines is 1. The van der Waals surface area contributed by atoms with Crippen molar-refractivity contribution < 1.29 is 9.59 Å². The molecule has 18 heavy (non-hydrogen) atoms. The molecule has 1 heterocycles. The Balaban J connectivity index is 2.72. The highest BCUT2D eigenvalue weighted by atomic mass is 16.2. The van der Waals surface area contributed by atoms with E-state index in [1.54, 1.807) is 12.2 Å². The molecule has 0 saturated heterocycles. The maximum absolute atomic E-state index is 11.2. The number of hydrogen-bond donors (Lipinski definition) is 2. The zero-order valence-corrected chi connectivity index (χ0v) is 10.4. The predicted octanol–water partition coefficient (Wildman–Crippen LogP) is 1.85. The third kappa shape index (κ3) is 3.16. The summed E-state index contributed by atoms with van der Waals surface area (Å²) in [5, 5.41) is 9.17. The molecule has 1 unspecified atom stereocenters. The second-order valence-electron chi connectivity index (χ2n) is 3.97. The van der Waals surface area contributed by atoms with Crippen LogP contribution in [-0.4, -0.2) is 22.5 Å². The normalized spacial score (nSPS) is 11.6. The molecular formula is C13H17N3O2. The van der Waals surface area contributed by atoms with E-state index in [0.29, 0.717) is 19.3 Å². The number of nitrogens with zero attached hydrogens (tertiary/aromatic N) is 1. The maximum Gasteiger partial charge on any atom is 0.226 e. The first-order chi connectivity index (χ1) is 8.63. The summed E-state index contributed by atoms with van der Waals surface area (Å²) in [5.74, 6) is -0.155. The predicted molar refractivity (Wildman–Crippen MR) is 70.6 cm³/mol. The Morgan fingerprint density at radius 2 is 2.22 bits per heavy atom. The van der Waals surface area contributed by atoms with Gasteiger partial charge in [-0.25, -0.2) is 0 Å². The number of H-pyrrole nitrogens is 1. The van der Waals surface area contributed by atoms with Gasteiger partial charge in [0.2, 0.25) is 12.3 Å². The lowest BCUT2D eigenvalue weighted by Crippen LogP contribution is -2.21. The first-order valence-electron chi connectivity index (χ1n) is 5.70. The average molecular weight is 247 g/mol. The van der Waals surface area contributed by atoms with Gasteiger partial charge in [-0.2, -0.15) is 5.10 Å². The van der Waals surface area contributed by atoms with E-state index < -0.39 is 0 Å². The van der Waals surface area contributed by atoms with E-state index in [-0.39, 0.29) is 11.8 Å². The van der Waals surface area contributed by atoms with Crippen LogP contribution in [0.15, 0.2) is 13.2 Å². The molecule has 2 amide bonds. The molecular weight excluding hydrogens is 230 g/mol. The minimum Gasteiger partial charge on any atom is -0.299 e. The smallest absolute Gasteiger partial charge is 0.226 e. The van der Waals surface area contributed by atoms with Gasteiger partial charge in [0.1, 0.15) is 0 Å². The second kappa shape index (κ2) is 6.54. The molecule has 1 atom stereocenters. The number of carbonyl (C=O) groups is 2. The monoisotopic (exact) mass is 247 g/mol. The van der Waals surface area contributed by atoms with Crippen LogP contribution in [0.5, 0.6) is 0 Å². The summed E-state index contributed by atoms with van der Waals surface area (Å²) in [7, 11) is 0. The van der Waals surface area contributed by atoms with Crippen LogP contribution >= 0.6 is 0 Å². The summed E-state index contributed by atoms with van der Waals surface area (Å²) in [4.78, 5) is 21.3. The van der Waals surface area contributed by atoms with Crippen LogP contribution in [0, 0.1) is 0 Å². The quantitative estimate of drug-likeness (QED) is 0.722. The van der Waals surface area contributed by atoms with Gasteiger partial charge in [0.15, 0.2) is 0 Å². The Kier molecular flexibility index (Phi) is 5.05. The Hall–Kier alpha value is -2.17. The van der Waals surface area contributed by atoms with Gasteiger partial charge in [0.25, 0.3) is 0 Å². The second-order valence-corrected chi connectivity index (χ2v) is 3.97. The highest BCUT2D eigenvalue weighted by Gasteiger charge is 2.15. The van der Waals surface area contributed by atoms with E-state index in [1.165, 1.54) is 0 Å². The van der Waals surface area contributed by atoms with Gasteiger partial charge in [-0.1, -0.05) is 26.2 Å². The lowest BCUT2D eigenvalue weighted by atomic mass is 9.97. The molecule has 0 saturated carbocycles. The number of nitrogens with one attached hydrogen (secondary N) is 2. The van der Waals surface area contributed by atoms with Crippen molar-refractivity contribution in [1.29, 1.82) is 0 Å². The van der Waals surface area contributed by atoms with E-state index in [1.807, 2.05) is 6.92 Å². The van der Waals surface area contributed by atoms with Crippen LogP contribution < -0.4 is 5.32 Å². The summed E-state index contributed by atoms with van der Waals surface area (Å²) >= 11 is 0. The van der Waals surface area contributed by atoms with Gasteiger partial charge < -0.3 is 0 Å². The fourth-order valence-corrected chi connectivity index (χ4v) is 1.75. The number of hydrogen-bond acceptors (Lipinski definition) is 3. The number of amides is 2. The van der Waals surface area contributed by atoms with Gasteiger partial charge >= 0.3 is 0 Å². The number of imide groups is 1. The summed E-state index contributed by atoms with van der Waals surface area (Å²) in [6, 6.07) is 0. The first-order valence-corrected chi connectivity index (χ1v) is 5.70. The van der Waals surface area contributed by atoms with Crippen LogP contribution in [0.25, 0.3) is 12.2 Å². The Morgan fingerprint density at radius 1 is 1.50 bits per heavy atom. The van der Waals surface area contributed by atoms with Crippen molar-refractivity contribution in [3.05, 3.63) is 30.1 Å². The highest BCUT2D eigenvalue weighted by molar-refractivity contribution is 5.85. The summed E-state index contributed by atoms with van der Waals surface area (Å²) < 4.78 is 0. The van der Waals surface area contributed by atoms with Crippen molar-refractivity contribution in [2.75, 3.05) is 0 Å². The third-order valence-corrected chi connectivity index (χ3v) is 2.78. The highest BCUT2D eigenvalue weighted by Crippen LogP contribution is 2.25. The fraction of sp³-hybridized carbons (Fsp3) is 0.308. The van der Waals surface area contributed by atoms with Gasteiger partial charge in [-0.3, -0.25) is 20.0 Å². The van der Waals surface area contributed by atoms with Crippen LogP contribution in [-0.2, 0) is 9.59 Å². The van der Waals surface area contributed by atoms with Crippen molar-refractivity contribution in [3.8, 4) is 0 Å². The van der Waals surface area contributed by atoms with Gasteiger partial charge in [0.05, 0.1) is 5.69 Å². The fourth-order valence-electron chi connectivity index (χ4n) is 1.75. The van der Waals surface area contributed by atoms with Crippen LogP contribution in [0.2, 0.25) is 0 Å². The zero-order valence-electron chi connectivity index (χ0n) is 10.4. The zero-order chi connectivity index (χ0) is 13.5. The first kappa shape index (κ1) is 13.9. The molecule has 0 aromatic carbocycles. The average Bonchev–Trinajstić information content (AvgIpc) is 2.79. The molecule has 5 nitrogen and oxygen atoms in total. The van der Waals surface area contributed by atoms with Crippen molar-refractivity contribution in [2.45, 2.75) is 25.7 Å². The molecule has 96 valence electrons. The molecule has 5 heteroatoms. The molecule has 0 spiro atoms. The molecule has 1 aromatic rings. The van der Waals surface area contributed by atoms with Crippen molar-refractivity contribution >= 4 is 24.5 Å². The Labute approximate surface area is 106 Å². The van der Waals surface area contributed by atoms with Gasteiger partial charge in [-0.05, 0) is 18.4 Å². The van der Waals surface area contributed by atoms with E-state index in [9.17, 15) is 9.59 Å². The van der Waals surface area contributed by atoms with E-state index in [0.717, 1.165) is 17.0 Å². The lowest BCUT2D eigenvalue weighted by molar-refractivity contribution is -0.125. The molecule has 1 aromatic heterocycles. The molecule has 0 radical (unpaired) electrons. The SMILES string of the molecule is C=Cc1n[nH]c(C(C)CCC(=O)NC=O)c1C=C. The summed E-state index contributed by atoms with van der Waals surface area (Å²) in [6.45, 7) is 9.41.